The van der Waals surface area contributed by atoms with Crippen molar-refractivity contribution in [2.75, 3.05) is 38.5 Å². The first-order valence-electron chi connectivity index (χ1n) is 8.93. The number of amidine groups is 1. The van der Waals surface area contributed by atoms with Gasteiger partial charge < -0.3 is 4.90 Å². The number of hydrogen-bond acceptors (Lipinski definition) is 4. The summed E-state index contributed by atoms with van der Waals surface area (Å²) in [5, 5.41) is 8.36. The van der Waals surface area contributed by atoms with E-state index in [1.807, 2.05) is 42.1 Å². The van der Waals surface area contributed by atoms with Crippen LogP contribution in [0.3, 0.4) is 0 Å². The first kappa shape index (κ1) is 22.1. The Bertz CT molecular complexity index is 653. The molecule has 0 spiro atoms. The zero-order valence-electron chi connectivity index (χ0n) is 15.2. The van der Waals surface area contributed by atoms with E-state index in [1.165, 1.54) is 17.1 Å². The first-order chi connectivity index (χ1) is 13.2. The molecule has 1 aliphatic heterocycles. The Balaban J connectivity index is 0.000000817. The molecule has 3 rings (SSSR count). The SMILES string of the molecule is ClOCl.N=C(c1ccccc1)N1CCN(CCCSc2ccccc2)CC1. The standard InChI is InChI=1S/C20H25N3S.Cl2O/c21-20(18-8-3-1-4-9-18)23-15-13-22(14-16-23)12-7-17-24-19-10-5-2-6-11-19;1-3-2/h1-6,8-11,21H,7,12-17H2;. The Labute approximate surface area is 176 Å². The maximum atomic E-state index is 8.36. The molecule has 0 bridgehead atoms. The molecule has 1 aliphatic rings. The van der Waals surface area contributed by atoms with E-state index in [-0.39, 0.29) is 0 Å². The molecule has 1 N–H and O–H groups in total. The maximum Gasteiger partial charge on any atom is 0.128 e. The van der Waals surface area contributed by atoms with Crippen molar-refractivity contribution in [1.82, 2.24) is 9.80 Å². The average Bonchev–Trinajstić information content (AvgIpc) is 2.73. The molecule has 0 atom stereocenters. The lowest BCUT2D eigenvalue weighted by molar-refractivity contribution is 0.182. The molecule has 27 heavy (non-hydrogen) atoms. The summed E-state index contributed by atoms with van der Waals surface area (Å²) >= 11 is 10.5. The number of hydrogen-bond donors (Lipinski definition) is 1. The molecular weight excluding hydrogens is 401 g/mol. The van der Waals surface area contributed by atoms with Gasteiger partial charge in [0.05, 0.1) is 23.7 Å². The van der Waals surface area contributed by atoms with Crippen LogP contribution in [0.25, 0.3) is 0 Å². The molecule has 0 radical (unpaired) electrons. The number of benzene rings is 2. The second kappa shape index (κ2) is 13.0. The van der Waals surface area contributed by atoms with Crippen molar-refractivity contribution in [1.29, 1.82) is 5.41 Å². The van der Waals surface area contributed by atoms with Gasteiger partial charge in [-0.2, -0.15) is 3.84 Å². The van der Waals surface area contributed by atoms with Gasteiger partial charge in [0.1, 0.15) is 5.84 Å². The van der Waals surface area contributed by atoms with Crippen molar-refractivity contribution in [2.45, 2.75) is 11.3 Å². The van der Waals surface area contributed by atoms with Gasteiger partial charge in [0.25, 0.3) is 0 Å². The predicted molar refractivity (Wildman–Crippen MR) is 116 cm³/mol. The minimum Gasteiger partial charge on any atom is -0.354 e. The molecule has 0 aromatic heterocycles. The van der Waals surface area contributed by atoms with E-state index in [9.17, 15) is 0 Å². The van der Waals surface area contributed by atoms with E-state index in [2.05, 4.69) is 67.7 Å². The fourth-order valence-corrected chi connectivity index (χ4v) is 3.83. The van der Waals surface area contributed by atoms with Crippen LogP contribution in [0.4, 0.5) is 0 Å². The third-order valence-corrected chi connectivity index (χ3v) is 5.46. The minimum atomic E-state index is 0.662. The van der Waals surface area contributed by atoms with Crippen molar-refractivity contribution >= 4 is 41.3 Å². The third kappa shape index (κ3) is 8.11. The topological polar surface area (TPSA) is 39.6 Å². The lowest BCUT2D eigenvalue weighted by Gasteiger charge is -2.36. The van der Waals surface area contributed by atoms with Crippen molar-refractivity contribution in [3.8, 4) is 0 Å². The van der Waals surface area contributed by atoms with Crippen LogP contribution < -0.4 is 0 Å². The molecule has 1 saturated heterocycles. The Morgan fingerprint density at radius 2 is 1.48 bits per heavy atom. The van der Waals surface area contributed by atoms with Crippen molar-refractivity contribution < 1.29 is 3.84 Å². The molecule has 0 aliphatic carbocycles. The molecule has 0 saturated carbocycles. The average molecular weight is 426 g/mol. The lowest BCUT2D eigenvalue weighted by Crippen LogP contribution is -2.48. The van der Waals surface area contributed by atoms with Crippen molar-refractivity contribution in [3.63, 3.8) is 0 Å². The van der Waals surface area contributed by atoms with Crippen LogP contribution >= 0.6 is 35.5 Å². The van der Waals surface area contributed by atoms with E-state index < -0.39 is 0 Å². The number of nitrogens with one attached hydrogen (secondary N) is 1. The van der Waals surface area contributed by atoms with E-state index in [0.717, 1.165) is 38.3 Å². The summed E-state index contributed by atoms with van der Waals surface area (Å²) in [6, 6.07) is 20.7. The third-order valence-electron chi connectivity index (χ3n) is 4.37. The summed E-state index contributed by atoms with van der Waals surface area (Å²) in [6.45, 7) is 5.20. The minimum absolute atomic E-state index is 0.662. The quantitative estimate of drug-likeness (QED) is 0.301. The highest BCUT2D eigenvalue weighted by atomic mass is 35.6. The van der Waals surface area contributed by atoms with Crippen LogP contribution in [-0.2, 0) is 3.84 Å². The second-order valence-electron chi connectivity index (χ2n) is 6.12. The van der Waals surface area contributed by atoms with Gasteiger partial charge in [-0.25, -0.2) is 0 Å². The van der Waals surface area contributed by atoms with Crippen LogP contribution in [-0.4, -0.2) is 54.1 Å². The monoisotopic (exact) mass is 425 g/mol. The molecule has 4 nitrogen and oxygen atoms in total. The largest absolute Gasteiger partial charge is 0.354 e. The van der Waals surface area contributed by atoms with Crippen molar-refractivity contribution in [2.24, 2.45) is 0 Å². The number of halogens is 2. The van der Waals surface area contributed by atoms with Gasteiger partial charge in [0.15, 0.2) is 0 Å². The van der Waals surface area contributed by atoms with Crippen LogP contribution in [0.2, 0.25) is 0 Å². The van der Waals surface area contributed by atoms with E-state index in [0.29, 0.717) is 5.84 Å². The van der Waals surface area contributed by atoms with Crippen molar-refractivity contribution in [3.05, 3.63) is 66.2 Å². The van der Waals surface area contributed by atoms with E-state index in [1.54, 1.807) is 0 Å². The first-order valence-corrected chi connectivity index (χ1v) is 10.5. The molecule has 2 aromatic rings. The summed E-state index contributed by atoms with van der Waals surface area (Å²) in [7, 11) is 0. The van der Waals surface area contributed by atoms with Gasteiger partial charge in [-0.3, -0.25) is 10.3 Å². The zero-order valence-corrected chi connectivity index (χ0v) is 17.5. The summed E-state index contributed by atoms with van der Waals surface area (Å²) in [5.74, 6) is 1.83. The maximum absolute atomic E-state index is 8.36. The number of nitrogens with zero attached hydrogens (tertiary/aromatic N) is 2. The van der Waals surface area contributed by atoms with Gasteiger partial charge in [-0.15, -0.1) is 11.8 Å². The van der Waals surface area contributed by atoms with Crippen LogP contribution in [0.15, 0.2) is 65.6 Å². The Hall–Kier alpha value is -1.24. The zero-order chi connectivity index (χ0) is 19.3. The van der Waals surface area contributed by atoms with Gasteiger partial charge in [0, 0.05) is 36.6 Å². The summed E-state index contributed by atoms with van der Waals surface area (Å²) in [5.41, 5.74) is 1.02. The molecule has 0 unspecified atom stereocenters. The predicted octanol–water partition coefficient (Wildman–Crippen LogP) is 5.12. The Kier molecular flexibility index (Phi) is 10.6. The number of piperazine rings is 1. The summed E-state index contributed by atoms with van der Waals surface area (Å²) in [6.07, 6.45) is 1.22. The molecule has 1 heterocycles. The Morgan fingerprint density at radius 1 is 0.926 bits per heavy atom. The highest BCUT2D eigenvalue weighted by Crippen LogP contribution is 2.18. The highest BCUT2D eigenvalue weighted by molar-refractivity contribution is 7.99. The molecule has 2 aromatic carbocycles. The Morgan fingerprint density at radius 3 is 2.07 bits per heavy atom. The fourth-order valence-electron chi connectivity index (χ4n) is 2.97. The van der Waals surface area contributed by atoms with Gasteiger partial charge >= 0.3 is 0 Å². The number of rotatable bonds is 6. The summed E-state index contributed by atoms with van der Waals surface area (Å²) < 4.78 is 3.19. The molecule has 0 amide bonds. The van der Waals surface area contributed by atoms with Gasteiger partial charge in [0.2, 0.25) is 0 Å². The van der Waals surface area contributed by atoms with E-state index in [4.69, 9.17) is 5.41 Å². The van der Waals surface area contributed by atoms with Crippen LogP contribution in [0.1, 0.15) is 12.0 Å². The second-order valence-corrected chi connectivity index (χ2v) is 7.75. The highest BCUT2D eigenvalue weighted by Gasteiger charge is 2.19. The van der Waals surface area contributed by atoms with Gasteiger partial charge in [-0.1, -0.05) is 48.5 Å². The van der Waals surface area contributed by atoms with Gasteiger partial charge in [-0.05, 0) is 30.9 Å². The fraction of sp³-hybridized carbons (Fsp3) is 0.350. The lowest BCUT2D eigenvalue weighted by atomic mass is 10.1. The van der Waals surface area contributed by atoms with Crippen LogP contribution in [0.5, 0.6) is 0 Å². The molecule has 7 heteroatoms. The normalized spacial score (nSPS) is 14.4. The molecular formula is C20H25Cl2N3OS. The molecule has 146 valence electrons. The smallest absolute Gasteiger partial charge is 0.128 e. The van der Waals surface area contributed by atoms with Crippen LogP contribution in [0, 0.1) is 5.41 Å². The number of thioether (sulfide) groups is 1. The summed E-state index contributed by atoms with van der Waals surface area (Å²) in [4.78, 5) is 6.09. The van der Waals surface area contributed by atoms with E-state index >= 15 is 0 Å². The molecule has 1 fully saturated rings.